The van der Waals surface area contributed by atoms with Crippen molar-refractivity contribution in [3.05, 3.63) is 70.3 Å². The summed E-state index contributed by atoms with van der Waals surface area (Å²) >= 11 is 0. The maximum atomic E-state index is 12.8. The zero-order chi connectivity index (χ0) is 18.5. The maximum absolute atomic E-state index is 12.8. The summed E-state index contributed by atoms with van der Waals surface area (Å²) in [7, 11) is 0. The maximum Gasteiger partial charge on any atom is 0.297 e. The molecule has 0 saturated heterocycles. The fourth-order valence-corrected chi connectivity index (χ4v) is 4.03. The molecule has 3 heterocycles. The molecule has 27 heavy (non-hydrogen) atoms. The first-order valence-corrected chi connectivity index (χ1v) is 9.16. The molecule has 0 bridgehead atoms. The first kappa shape index (κ1) is 16.0. The van der Waals surface area contributed by atoms with Gasteiger partial charge in [-0.2, -0.15) is 0 Å². The normalized spacial score (nSPS) is 13.4. The molecule has 0 unspecified atom stereocenters. The van der Waals surface area contributed by atoms with Gasteiger partial charge in [-0.1, -0.05) is 42.5 Å². The summed E-state index contributed by atoms with van der Waals surface area (Å²) < 4.78 is 7.49. The third-order valence-electron chi connectivity index (χ3n) is 5.15. The standard InChI is InChI=1S/C22H19N3O2/c1-13(2)11-25-12-23-19-17-15-9-6-10-16(15)18(14-7-4-3-5-8-14)24-21(17)27-20(19)22(25)26/h3-5,7-8,12H,1,6,9-11H2,2H3. The molecule has 0 atom stereocenters. The van der Waals surface area contributed by atoms with Crippen LogP contribution in [0.1, 0.15) is 24.5 Å². The molecular formula is C22H19N3O2. The van der Waals surface area contributed by atoms with Crippen molar-refractivity contribution in [3.8, 4) is 11.3 Å². The Kier molecular flexibility index (Phi) is 3.50. The largest absolute Gasteiger partial charge is 0.430 e. The predicted octanol–water partition coefficient (Wildman–Crippen LogP) is 4.27. The van der Waals surface area contributed by atoms with E-state index in [1.165, 1.54) is 15.7 Å². The second-order valence-electron chi connectivity index (χ2n) is 7.23. The van der Waals surface area contributed by atoms with Crippen molar-refractivity contribution in [2.75, 3.05) is 0 Å². The van der Waals surface area contributed by atoms with Gasteiger partial charge in [0.1, 0.15) is 5.52 Å². The Labute approximate surface area is 156 Å². The van der Waals surface area contributed by atoms with Gasteiger partial charge in [0.05, 0.1) is 17.4 Å². The van der Waals surface area contributed by atoms with Crippen LogP contribution in [0.5, 0.6) is 0 Å². The second-order valence-corrected chi connectivity index (χ2v) is 7.23. The highest BCUT2D eigenvalue weighted by molar-refractivity contribution is 6.04. The Bertz CT molecular complexity index is 1270. The van der Waals surface area contributed by atoms with Gasteiger partial charge in [0.25, 0.3) is 5.56 Å². The number of fused-ring (bicyclic) bond motifs is 5. The molecular weight excluding hydrogens is 338 g/mol. The fraction of sp³-hybridized carbons (Fsp3) is 0.227. The smallest absolute Gasteiger partial charge is 0.297 e. The van der Waals surface area contributed by atoms with E-state index >= 15 is 0 Å². The van der Waals surface area contributed by atoms with Crippen LogP contribution in [-0.4, -0.2) is 14.5 Å². The molecule has 0 spiro atoms. The predicted molar refractivity (Wildman–Crippen MR) is 106 cm³/mol. The highest BCUT2D eigenvalue weighted by atomic mass is 16.3. The Morgan fingerprint density at radius 2 is 2.00 bits per heavy atom. The highest BCUT2D eigenvalue weighted by Gasteiger charge is 2.26. The quantitative estimate of drug-likeness (QED) is 0.514. The van der Waals surface area contributed by atoms with Crippen molar-refractivity contribution >= 4 is 22.2 Å². The summed E-state index contributed by atoms with van der Waals surface area (Å²) in [5, 5.41) is 0.900. The summed E-state index contributed by atoms with van der Waals surface area (Å²) in [5.41, 5.74) is 6.61. The van der Waals surface area contributed by atoms with Gasteiger partial charge in [-0.05, 0) is 37.3 Å². The lowest BCUT2D eigenvalue weighted by molar-refractivity contribution is 0.630. The molecule has 0 amide bonds. The number of aryl methyl sites for hydroxylation is 1. The number of nitrogens with zero attached hydrogens (tertiary/aromatic N) is 3. The van der Waals surface area contributed by atoms with Crippen molar-refractivity contribution in [2.24, 2.45) is 0 Å². The van der Waals surface area contributed by atoms with Gasteiger partial charge in [-0.3, -0.25) is 9.36 Å². The van der Waals surface area contributed by atoms with Gasteiger partial charge < -0.3 is 4.42 Å². The van der Waals surface area contributed by atoms with Crippen LogP contribution in [-0.2, 0) is 19.4 Å². The molecule has 0 radical (unpaired) electrons. The molecule has 0 aliphatic heterocycles. The minimum atomic E-state index is -0.186. The molecule has 0 N–H and O–H groups in total. The van der Waals surface area contributed by atoms with Crippen LogP contribution in [0.4, 0.5) is 0 Å². The van der Waals surface area contributed by atoms with E-state index in [0.29, 0.717) is 17.8 Å². The zero-order valence-corrected chi connectivity index (χ0v) is 15.2. The Morgan fingerprint density at radius 1 is 1.22 bits per heavy atom. The number of pyridine rings is 1. The zero-order valence-electron chi connectivity index (χ0n) is 15.2. The van der Waals surface area contributed by atoms with E-state index in [2.05, 4.69) is 23.7 Å². The summed E-state index contributed by atoms with van der Waals surface area (Å²) in [4.78, 5) is 22.2. The number of aromatic nitrogens is 3. The first-order chi connectivity index (χ1) is 13.1. The van der Waals surface area contributed by atoms with Gasteiger partial charge in [-0.15, -0.1) is 0 Å². The summed E-state index contributed by atoms with van der Waals surface area (Å²) in [5.74, 6) is 0. The number of furan rings is 1. The number of allylic oxidation sites excluding steroid dienone is 1. The first-order valence-electron chi connectivity index (χ1n) is 9.16. The van der Waals surface area contributed by atoms with Crippen LogP contribution in [0.15, 0.2) is 58.0 Å². The lowest BCUT2D eigenvalue weighted by Gasteiger charge is -2.08. The molecule has 4 aromatic rings. The van der Waals surface area contributed by atoms with Crippen molar-refractivity contribution < 1.29 is 4.42 Å². The topological polar surface area (TPSA) is 60.9 Å². The van der Waals surface area contributed by atoms with Crippen LogP contribution < -0.4 is 5.56 Å². The van der Waals surface area contributed by atoms with Crippen molar-refractivity contribution in [2.45, 2.75) is 32.7 Å². The van der Waals surface area contributed by atoms with E-state index < -0.39 is 0 Å². The van der Waals surface area contributed by atoms with Gasteiger partial charge >= 0.3 is 0 Å². The SMILES string of the molecule is C=C(C)Cn1cnc2c(oc3nc(-c4ccccc4)c4c(c32)CCC4)c1=O. The van der Waals surface area contributed by atoms with E-state index in [1.807, 2.05) is 25.1 Å². The minimum absolute atomic E-state index is 0.186. The number of hydrogen-bond donors (Lipinski definition) is 0. The average molecular weight is 357 g/mol. The third kappa shape index (κ3) is 2.42. The second kappa shape index (κ2) is 5.91. The molecule has 1 aliphatic carbocycles. The average Bonchev–Trinajstić information content (AvgIpc) is 3.28. The van der Waals surface area contributed by atoms with Gasteiger partial charge in [-0.25, -0.2) is 9.97 Å². The Balaban J connectivity index is 1.84. The molecule has 5 rings (SSSR count). The molecule has 0 fully saturated rings. The summed E-state index contributed by atoms with van der Waals surface area (Å²) in [6.45, 7) is 6.19. The molecule has 0 saturated carbocycles. The lowest BCUT2D eigenvalue weighted by Crippen LogP contribution is -2.20. The van der Waals surface area contributed by atoms with Crippen molar-refractivity contribution in [3.63, 3.8) is 0 Å². The Hall–Kier alpha value is -3.21. The Morgan fingerprint density at radius 3 is 2.78 bits per heavy atom. The van der Waals surface area contributed by atoms with E-state index in [1.54, 1.807) is 6.33 Å². The monoisotopic (exact) mass is 357 g/mol. The van der Waals surface area contributed by atoms with Crippen molar-refractivity contribution in [1.82, 2.24) is 14.5 Å². The van der Waals surface area contributed by atoms with E-state index in [4.69, 9.17) is 9.40 Å². The molecule has 3 aromatic heterocycles. The van der Waals surface area contributed by atoms with Crippen LogP contribution >= 0.6 is 0 Å². The molecule has 1 aromatic carbocycles. The van der Waals surface area contributed by atoms with Gasteiger partial charge in [0, 0.05) is 12.1 Å². The number of benzene rings is 1. The summed E-state index contributed by atoms with van der Waals surface area (Å²) in [6.07, 6.45) is 4.61. The van der Waals surface area contributed by atoms with Gasteiger partial charge in [0.15, 0.2) is 0 Å². The third-order valence-corrected chi connectivity index (χ3v) is 5.15. The number of rotatable bonds is 3. The molecule has 5 nitrogen and oxygen atoms in total. The molecule has 134 valence electrons. The fourth-order valence-electron chi connectivity index (χ4n) is 4.03. The van der Waals surface area contributed by atoms with Crippen LogP contribution in [0.25, 0.3) is 33.5 Å². The van der Waals surface area contributed by atoms with E-state index in [9.17, 15) is 4.79 Å². The highest BCUT2D eigenvalue weighted by Crippen LogP contribution is 2.38. The van der Waals surface area contributed by atoms with Gasteiger partial charge in [0.2, 0.25) is 11.3 Å². The number of hydrogen-bond acceptors (Lipinski definition) is 4. The van der Waals surface area contributed by atoms with Crippen LogP contribution in [0.3, 0.4) is 0 Å². The van der Waals surface area contributed by atoms with Crippen LogP contribution in [0, 0.1) is 0 Å². The van der Waals surface area contributed by atoms with E-state index in [0.717, 1.165) is 41.5 Å². The molecule has 1 aliphatic rings. The van der Waals surface area contributed by atoms with Crippen molar-refractivity contribution in [1.29, 1.82) is 0 Å². The van der Waals surface area contributed by atoms with E-state index in [-0.39, 0.29) is 11.1 Å². The minimum Gasteiger partial charge on any atom is -0.430 e. The molecule has 5 heteroatoms. The lowest BCUT2D eigenvalue weighted by atomic mass is 10.0. The van der Waals surface area contributed by atoms with Crippen LogP contribution in [0.2, 0.25) is 0 Å². The summed E-state index contributed by atoms with van der Waals surface area (Å²) in [6, 6.07) is 10.1.